The van der Waals surface area contributed by atoms with Gasteiger partial charge in [-0.2, -0.15) is 0 Å². The molecule has 2 aromatic carbocycles. The van der Waals surface area contributed by atoms with E-state index in [9.17, 15) is 14.0 Å². The number of hydrogen-bond acceptors (Lipinski definition) is 4. The number of carbonyl (C=O) groups is 2. The zero-order valence-corrected chi connectivity index (χ0v) is 13.1. The van der Waals surface area contributed by atoms with Gasteiger partial charge in [0.15, 0.2) is 11.5 Å². The van der Waals surface area contributed by atoms with Crippen LogP contribution in [0.2, 0.25) is 0 Å². The highest BCUT2D eigenvalue weighted by atomic mass is 19.1. The Balaban J connectivity index is 1.34. The molecule has 1 fully saturated rings. The lowest BCUT2D eigenvalue weighted by molar-refractivity contribution is -0.123. The smallest absolute Gasteiger partial charge is 0.269 e. The van der Waals surface area contributed by atoms with Crippen molar-refractivity contribution in [2.24, 2.45) is 5.92 Å². The van der Waals surface area contributed by atoms with Gasteiger partial charge in [0.25, 0.3) is 5.91 Å². The van der Waals surface area contributed by atoms with Gasteiger partial charge in [0.05, 0.1) is 0 Å². The first kappa shape index (κ1) is 15.4. The first-order valence-electron chi connectivity index (χ1n) is 7.88. The van der Waals surface area contributed by atoms with Gasteiger partial charge < -0.3 is 9.47 Å². The molecule has 4 rings (SSSR count). The van der Waals surface area contributed by atoms with Crippen LogP contribution in [0.25, 0.3) is 0 Å². The monoisotopic (exact) mass is 342 g/mol. The molecular formula is C18H15FN2O4. The summed E-state index contributed by atoms with van der Waals surface area (Å²) < 4.78 is 24.1. The molecule has 0 radical (unpaired) electrons. The average Bonchev–Trinajstić information content (AvgIpc) is 3.28. The third-order valence-corrected chi connectivity index (χ3v) is 4.37. The molecule has 0 bridgehead atoms. The molecule has 7 heteroatoms. The predicted molar refractivity (Wildman–Crippen MR) is 85.4 cm³/mol. The Morgan fingerprint density at radius 2 is 1.84 bits per heavy atom. The van der Waals surface area contributed by atoms with E-state index >= 15 is 0 Å². The minimum atomic E-state index is -0.463. The Morgan fingerprint density at radius 1 is 1.04 bits per heavy atom. The SMILES string of the molecule is O=C(NNC(=O)[C@@H]1C[C@H]1c1ccccc1F)c1ccc2c(c1)OCO2. The summed E-state index contributed by atoms with van der Waals surface area (Å²) in [6.07, 6.45) is 0.562. The van der Waals surface area contributed by atoms with Crippen LogP contribution in [-0.2, 0) is 4.79 Å². The maximum atomic E-state index is 13.7. The molecule has 0 aromatic heterocycles. The van der Waals surface area contributed by atoms with E-state index in [2.05, 4.69) is 10.9 Å². The number of halogens is 1. The number of benzene rings is 2. The normalized spacial score (nSPS) is 20.0. The van der Waals surface area contributed by atoms with E-state index in [0.717, 1.165) is 0 Å². The van der Waals surface area contributed by atoms with Gasteiger partial charge in [0.1, 0.15) is 5.82 Å². The highest BCUT2D eigenvalue weighted by molar-refractivity contribution is 5.96. The highest BCUT2D eigenvalue weighted by Gasteiger charge is 2.45. The second-order valence-electron chi connectivity index (χ2n) is 5.98. The fourth-order valence-electron chi connectivity index (χ4n) is 2.93. The Labute approximate surface area is 142 Å². The number of hydrogen-bond donors (Lipinski definition) is 2. The van der Waals surface area contributed by atoms with Gasteiger partial charge in [-0.1, -0.05) is 18.2 Å². The molecular weight excluding hydrogens is 327 g/mol. The Hall–Kier alpha value is -3.09. The minimum absolute atomic E-state index is 0.121. The van der Waals surface area contributed by atoms with E-state index in [0.29, 0.717) is 29.0 Å². The first-order valence-corrected chi connectivity index (χ1v) is 7.88. The summed E-state index contributed by atoms with van der Waals surface area (Å²) >= 11 is 0. The van der Waals surface area contributed by atoms with Gasteiger partial charge in [-0.3, -0.25) is 20.4 Å². The van der Waals surface area contributed by atoms with Crippen molar-refractivity contribution in [3.05, 3.63) is 59.4 Å². The number of fused-ring (bicyclic) bond motifs is 1. The summed E-state index contributed by atoms with van der Waals surface area (Å²) in [6.45, 7) is 0.121. The number of hydrazine groups is 1. The molecule has 2 amide bonds. The molecule has 0 unspecified atom stereocenters. The predicted octanol–water partition coefficient (Wildman–Crippen LogP) is 2.12. The summed E-state index contributed by atoms with van der Waals surface area (Å²) in [5, 5.41) is 0. The van der Waals surface area contributed by atoms with Crippen molar-refractivity contribution in [1.82, 2.24) is 10.9 Å². The number of amides is 2. The second kappa shape index (κ2) is 6.08. The lowest BCUT2D eigenvalue weighted by Crippen LogP contribution is -2.42. The van der Waals surface area contributed by atoms with Gasteiger partial charge in [-0.15, -0.1) is 0 Å². The van der Waals surface area contributed by atoms with Crippen LogP contribution in [0.3, 0.4) is 0 Å². The van der Waals surface area contributed by atoms with Crippen LogP contribution in [0.1, 0.15) is 28.3 Å². The summed E-state index contributed by atoms with van der Waals surface area (Å²) in [5.74, 6) is -0.533. The lowest BCUT2D eigenvalue weighted by atomic mass is 10.1. The van der Waals surface area contributed by atoms with E-state index < -0.39 is 5.91 Å². The van der Waals surface area contributed by atoms with Gasteiger partial charge in [-0.05, 0) is 42.2 Å². The van der Waals surface area contributed by atoms with Crippen molar-refractivity contribution in [3.8, 4) is 11.5 Å². The third kappa shape index (κ3) is 3.00. The maximum absolute atomic E-state index is 13.7. The summed E-state index contributed by atoms with van der Waals surface area (Å²) in [6, 6.07) is 11.2. The summed E-state index contributed by atoms with van der Waals surface area (Å²) in [4.78, 5) is 24.2. The number of nitrogens with one attached hydrogen (secondary N) is 2. The zero-order chi connectivity index (χ0) is 17.4. The zero-order valence-electron chi connectivity index (χ0n) is 13.1. The molecule has 2 aliphatic rings. The van der Waals surface area contributed by atoms with Gasteiger partial charge in [0.2, 0.25) is 12.7 Å². The van der Waals surface area contributed by atoms with Gasteiger partial charge in [-0.25, -0.2) is 4.39 Å². The quantitative estimate of drug-likeness (QED) is 0.838. The maximum Gasteiger partial charge on any atom is 0.269 e. The van der Waals surface area contributed by atoms with E-state index in [-0.39, 0.29) is 30.4 Å². The van der Waals surface area contributed by atoms with E-state index in [1.807, 2.05) is 0 Å². The van der Waals surface area contributed by atoms with Crippen LogP contribution >= 0.6 is 0 Å². The van der Waals surface area contributed by atoms with Gasteiger partial charge in [0, 0.05) is 11.5 Å². The van der Waals surface area contributed by atoms with Crippen LogP contribution < -0.4 is 20.3 Å². The largest absolute Gasteiger partial charge is 0.454 e. The molecule has 128 valence electrons. The van der Waals surface area contributed by atoms with Crippen molar-refractivity contribution in [2.75, 3.05) is 6.79 Å². The molecule has 1 saturated carbocycles. The van der Waals surface area contributed by atoms with Crippen LogP contribution in [0, 0.1) is 11.7 Å². The fourth-order valence-corrected chi connectivity index (χ4v) is 2.93. The molecule has 2 aromatic rings. The molecule has 2 atom stereocenters. The molecule has 1 aliphatic carbocycles. The van der Waals surface area contributed by atoms with Crippen LogP contribution in [0.15, 0.2) is 42.5 Å². The first-order chi connectivity index (χ1) is 12.1. The second-order valence-corrected chi connectivity index (χ2v) is 5.98. The van der Waals surface area contributed by atoms with E-state index in [1.54, 1.807) is 36.4 Å². The van der Waals surface area contributed by atoms with E-state index in [1.165, 1.54) is 6.07 Å². The average molecular weight is 342 g/mol. The lowest BCUT2D eigenvalue weighted by Gasteiger charge is -2.08. The molecule has 2 N–H and O–H groups in total. The summed E-state index contributed by atoms with van der Waals surface area (Å²) in [7, 11) is 0. The highest BCUT2D eigenvalue weighted by Crippen LogP contribution is 2.48. The van der Waals surface area contributed by atoms with Crippen LogP contribution in [-0.4, -0.2) is 18.6 Å². The number of carbonyl (C=O) groups excluding carboxylic acids is 2. The molecule has 6 nitrogen and oxygen atoms in total. The standard InChI is InChI=1S/C18H15FN2O4/c19-14-4-2-1-3-11(14)12-8-13(12)18(23)21-20-17(22)10-5-6-15-16(7-10)25-9-24-15/h1-7,12-13H,8-9H2,(H,20,22)(H,21,23)/t12-,13+/m0/s1. The molecule has 0 saturated heterocycles. The van der Waals surface area contributed by atoms with Crippen molar-refractivity contribution in [2.45, 2.75) is 12.3 Å². The molecule has 1 heterocycles. The topological polar surface area (TPSA) is 76.7 Å². The van der Waals surface area contributed by atoms with Crippen molar-refractivity contribution in [3.63, 3.8) is 0 Å². The van der Waals surface area contributed by atoms with Crippen LogP contribution in [0.4, 0.5) is 4.39 Å². The Morgan fingerprint density at radius 3 is 2.68 bits per heavy atom. The summed E-state index contributed by atoms with van der Waals surface area (Å²) in [5.41, 5.74) is 5.64. The molecule has 25 heavy (non-hydrogen) atoms. The van der Waals surface area contributed by atoms with Crippen molar-refractivity contribution in [1.29, 1.82) is 0 Å². The number of rotatable bonds is 3. The molecule has 1 aliphatic heterocycles. The Bertz CT molecular complexity index is 855. The minimum Gasteiger partial charge on any atom is -0.454 e. The van der Waals surface area contributed by atoms with Crippen molar-refractivity contribution < 1.29 is 23.5 Å². The Kier molecular flexibility index (Phi) is 3.76. The number of ether oxygens (including phenoxy) is 2. The fraction of sp³-hybridized carbons (Fsp3) is 0.222. The van der Waals surface area contributed by atoms with Crippen LogP contribution in [0.5, 0.6) is 11.5 Å². The van der Waals surface area contributed by atoms with Crippen molar-refractivity contribution >= 4 is 11.8 Å². The van der Waals surface area contributed by atoms with E-state index in [4.69, 9.17) is 9.47 Å². The van der Waals surface area contributed by atoms with Gasteiger partial charge >= 0.3 is 0 Å². The molecule has 0 spiro atoms. The third-order valence-electron chi connectivity index (χ3n) is 4.37.